The Morgan fingerprint density at radius 1 is 1.40 bits per heavy atom. The van der Waals surface area contributed by atoms with Crippen LogP contribution in [0.3, 0.4) is 0 Å². The van der Waals surface area contributed by atoms with Crippen molar-refractivity contribution in [1.29, 1.82) is 0 Å². The molecule has 1 aliphatic heterocycles. The number of hydrogen-bond donors (Lipinski definition) is 0. The summed E-state index contributed by atoms with van der Waals surface area (Å²) in [5, 5.41) is 0. The lowest BCUT2D eigenvalue weighted by Gasteiger charge is -2.31. The molecule has 20 heavy (non-hydrogen) atoms. The minimum atomic E-state index is -0.0878. The van der Waals surface area contributed by atoms with Crippen LogP contribution in [-0.4, -0.2) is 36.1 Å². The fourth-order valence-electron chi connectivity index (χ4n) is 2.67. The number of ether oxygens (including phenoxy) is 1. The van der Waals surface area contributed by atoms with Crippen LogP contribution < -0.4 is 4.90 Å². The second-order valence-electron chi connectivity index (χ2n) is 5.30. The van der Waals surface area contributed by atoms with Crippen molar-refractivity contribution in [3.63, 3.8) is 0 Å². The Hall–Kier alpha value is -1.65. The summed E-state index contributed by atoms with van der Waals surface area (Å²) in [5.74, 6) is 1.76. The van der Waals surface area contributed by atoms with E-state index in [4.69, 9.17) is 4.74 Å². The van der Waals surface area contributed by atoms with E-state index < -0.39 is 0 Å². The lowest BCUT2D eigenvalue weighted by Crippen LogP contribution is -2.37. The molecule has 1 aliphatic rings. The normalized spacial score (nSPS) is 16.2. The lowest BCUT2D eigenvalue weighted by atomic mass is 9.97. The van der Waals surface area contributed by atoms with Gasteiger partial charge in [-0.2, -0.15) is 0 Å². The number of hydrogen-bond acceptors (Lipinski definition) is 5. The zero-order valence-corrected chi connectivity index (χ0v) is 12.6. The molecule has 1 aromatic heterocycles. The van der Waals surface area contributed by atoms with Gasteiger partial charge in [0.2, 0.25) is 0 Å². The average Bonchev–Trinajstić information content (AvgIpc) is 2.46. The van der Waals surface area contributed by atoms with E-state index in [9.17, 15) is 4.79 Å². The number of piperidine rings is 1. The maximum atomic E-state index is 11.5. The average molecular weight is 277 g/mol. The van der Waals surface area contributed by atoms with Gasteiger partial charge in [-0.15, -0.1) is 0 Å². The first-order valence-electron chi connectivity index (χ1n) is 7.31. The van der Waals surface area contributed by atoms with E-state index in [-0.39, 0.29) is 11.9 Å². The van der Waals surface area contributed by atoms with Gasteiger partial charge in [-0.1, -0.05) is 13.3 Å². The topological polar surface area (TPSA) is 55.3 Å². The van der Waals surface area contributed by atoms with E-state index in [0.29, 0.717) is 0 Å². The van der Waals surface area contributed by atoms with Crippen LogP contribution in [0.5, 0.6) is 0 Å². The van der Waals surface area contributed by atoms with Gasteiger partial charge in [0.1, 0.15) is 11.6 Å². The van der Waals surface area contributed by atoms with Gasteiger partial charge in [0.15, 0.2) is 0 Å². The van der Waals surface area contributed by atoms with Crippen LogP contribution in [0.4, 0.5) is 5.82 Å². The number of aromatic nitrogens is 2. The predicted molar refractivity (Wildman–Crippen MR) is 77.7 cm³/mol. The summed E-state index contributed by atoms with van der Waals surface area (Å²) >= 11 is 0. The molecule has 0 N–H and O–H groups in total. The zero-order chi connectivity index (χ0) is 14.5. The molecule has 1 aromatic rings. The number of carbonyl (C=O) groups is 1. The van der Waals surface area contributed by atoms with Crippen molar-refractivity contribution in [3.05, 3.63) is 17.6 Å². The van der Waals surface area contributed by atoms with E-state index in [0.717, 1.165) is 56.1 Å². The third kappa shape index (κ3) is 3.46. The van der Waals surface area contributed by atoms with Gasteiger partial charge >= 0.3 is 5.97 Å². The molecule has 0 amide bonds. The molecular weight excluding hydrogens is 254 g/mol. The van der Waals surface area contributed by atoms with Crippen molar-refractivity contribution >= 4 is 11.8 Å². The van der Waals surface area contributed by atoms with Crippen LogP contribution >= 0.6 is 0 Å². The maximum absolute atomic E-state index is 11.5. The summed E-state index contributed by atoms with van der Waals surface area (Å²) in [4.78, 5) is 22.8. The first-order chi connectivity index (χ1) is 9.63. The first-order valence-corrected chi connectivity index (χ1v) is 7.31. The smallest absolute Gasteiger partial charge is 0.308 e. The standard InChI is InChI=1S/C15H23N3O2/c1-4-5-13-10-14(17-11(2)16-13)18-8-6-12(7-9-18)15(19)20-3/h10,12H,4-9H2,1-3H3. The number of methoxy groups -OCH3 is 1. The fourth-order valence-corrected chi connectivity index (χ4v) is 2.67. The molecule has 2 heterocycles. The summed E-state index contributed by atoms with van der Waals surface area (Å²) in [6, 6.07) is 2.08. The highest BCUT2D eigenvalue weighted by Gasteiger charge is 2.26. The molecule has 2 rings (SSSR count). The molecular formula is C15H23N3O2. The van der Waals surface area contributed by atoms with Crippen LogP contribution in [0, 0.1) is 12.8 Å². The molecule has 0 saturated carbocycles. The van der Waals surface area contributed by atoms with Gasteiger partial charge in [0.05, 0.1) is 13.0 Å². The summed E-state index contributed by atoms with van der Waals surface area (Å²) in [7, 11) is 1.46. The summed E-state index contributed by atoms with van der Waals surface area (Å²) in [6.07, 6.45) is 3.73. The third-order valence-corrected chi connectivity index (χ3v) is 3.74. The second-order valence-corrected chi connectivity index (χ2v) is 5.30. The summed E-state index contributed by atoms with van der Waals surface area (Å²) in [6.45, 7) is 5.78. The Labute approximate surface area is 120 Å². The first kappa shape index (κ1) is 14.8. The Morgan fingerprint density at radius 2 is 2.10 bits per heavy atom. The molecule has 0 spiro atoms. The zero-order valence-electron chi connectivity index (χ0n) is 12.6. The maximum Gasteiger partial charge on any atom is 0.308 e. The van der Waals surface area contributed by atoms with Crippen LogP contribution in [0.1, 0.15) is 37.7 Å². The predicted octanol–water partition coefficient (Wildman–Crippen LogP) is 2.13. The molecule has 1 fully saturated rings. The van der Waals surface area contributed by atoms with Gasteiger partial charge in [0.25, 0.3) is 0 Å². The van der Waals surface area contributed by atoms with E-state index in [2.05, 4.69) is 27.9 Å². The Bertz CT molecular complexity index is 468. The molecule has 0 radical (unpaired) electrons. The highest BCUT2D eigenvalue weighted by molar-refractivity contribution is 5.72. The quantitative estimate of drug-likeness (QED) is 0.789. The van der Waals surface area contributed by atoms with Crippen LogP contribution in [-0.2, 0) is 16.0 Å². The monoisotopic (exact) mass is 277 g/mol. The Balaban J connectivity index is 2.04. The molecule has 0 unspecified atom stereocenters. The number of aryl methyl sites for hydroxylation is 2. The second kappa shape index (κ2) is 6.68. The molecule has 5 heteroatoms. The number of rotatable bonds is 4. The van der Waals surface area contributed by atoms with E-state index in [1.165, 1.54) is 7.11 Å². The lowest BCUT2D eigenvalue weighted by molar-refractivity contribution is -0.146. The van der Waals surface area contributed by atoms with Crippen molar-refractivity contribution in [2.24, 2.45) is 5.92 Å². The molecule has 5 nitrogen and oxygen atoms in total. The summed E-state index contributed by atoms with van der Waals surface area (Å²) in [5.41, 5.74) is 1.10. The number of esters is 1. The van der Waals surface area contributed by atoms with Gasteiger partial charge in [-0.25, -0.2) is 9.97 Å². The minimum Gasteiger partial charge on any atom is -0.469 e. The minimum absolute atomic E-state index is 0.0364. The van der Waals surface area contributed by atoms with Gasteiger partial charge in [-0.05, 0) is 26.2 Å². The van der Waals surface area contributed by atoms with Gasteiger partial charge < -0.3 is 9.64 Å². The van der Waals surface area contributed by atoms with E-state index >= 15 is 0 Å². The van der Waals surface area contributed by atoms with Crippen LogP contribution in [0.15, 0.2) is 6.07 Å². The van der Waals surface area contributed by atoms with Crippen molar-refractivity contribution in [1.82, 2.24) is 9.97 Å². The highest BCUT2D eigenvalue weighted by atomic mass is 16.5. The molecule has 110 valence electrons. The number of carbonyl (C=O) groups excluding carboxylic acids is 1. The van der Waals surface area contributed by atoms with Gasteiger partial charge in [0, 0.05) is 24.8 Å². The van der Waals surface area contributed by atoms with Crippen molar-refractivity contribution < 1.29 is 9.53 Å². The Morgan fingerprint density at radius 3 is 2.70 bits per heavy atom. The molecule has 1 saturated heterocycles. The van der Waals surface area contributed by atoms with Crippen molar-refractivity contribution in [2.45, 2.75) is 39.5 Å². The molecule has 0 aromatic carbocycles. The molecule has 0 bridgehead atoms. The number of anilines is 1. The van der Waals surface area contributed by atoms with Gasteiger partial charge in [-0.3, -0.25) is 4.79 Å². The van der Waals surface area contributed by atoms with E-state index in [1.807, 2.05) is 6.92 Å². The summed E-state index contributed by atoms with van der Waals surface area (Å²) < 4.78 is 4.82. The highest BCUT2D eigenvalue weighted by Crippen LogP contribution is 2.23. The number of nitrogens with zero attached hydrogens (tertiary/aromatic N) is 3. The SMILES string of the molecule is CCCc1cc(N2CCC(C(=O)OC)CC2)nc(C)n1. The molecule has 0 aliphatic carbocycles. The van der Waals surface area contributed by atoms with Crippen molar-refractivity contribution in [3.8, 4) is 0 Å². The van der Waals surface area contributed by atoms with Crippen LogP contribution in [0.25, 0.3) is 0 Å². The fraction of sp³-hybridized carbons (Fsp3) is 0.667. The molecule has 0 atom stereocenters. The Kier molecular flexibility index (Phi) is 4.93. The van der Waals surface area contributed by atoms with E-state index in [1.54, 1.807) is 0 Å². The largest absolute Gasteiger partial charge is 0.469 e. The van der Waals surface area contributed by atoms with Crippen LogP contribution in [0.2, 0.25) is 0 Å². The third-order valence-electron chi connectivity index (χ3n) is 3.74. The van der Waals surface area contributed by atoms with Crippen molar-refractivity contribution in [2.75, 3.05) is 25.1 Å².